The molecular weight excluding hydrogens is 306 g/mol. The SMILES string of the molecule is Cc1cc(NC(=O)C2(C(=O)Nc3ccc(C(C)C)cc3)CC2)no1. The summed E-state index contributed by atoms with van der Waals surface area (Å²) >= 11 is 0. The van der Waals surface area contributed by atoms with Gasteiger partial charge in [-0.2, -0.15) is 0 Å². The van der Waals surface area contributed by atoms with Crippen molar-refractivity contribution in [2.75, 3.05) is 10.6 Å². The van der Waals surface area contributed by atoms with E-state index in [1.165, 1.54) is 5.56 Å². The lowest BCUT2D eigenvalue weighted by Crippen LogP contribution is -2.35. The first-order valence-corrected chi connectivity index (χ1v) is 8.07. The van der Waals surface area contributed by atoms with Gasteiger partial charge in [-0.05, 0) is 43.4 Å². The summed E-state index contributed by atoms with van der Waals surface area (Å²) in [6.07, 6.45) is 1.07. The fourth-order valence-electron chi connectivity index (χ4n) is 2.55. The molecule has 0 spiro atoms. The summed E-state index contributed by atoms with van der Waals surface area (Å²) in [5, 5.41) is 9.22. The molecule has 6 heteroatoms. The van der Waals surface area contributed by atoms with Crippen molar-refractivity contribution in [3.05, 3.63) is 41.7 Å². The van der Waals surface area contributed by atoms with E-state index in [1.807, 2.05) is 24.3 Å². The Morgan fingerprint density at radius 1 is 1.12 bits per heavy atom. The van der Waals surface area contributed by atoms with Gasteiger partial charge in [0.15, 0.2) is 5.82 Å². The molecule has 6 nitrogen and oxygen atoms in total. The lowest BCUT2D eigenvalue weighted by atomic mass is 10.0. The number of amides is 2. The highest BCUT2D eigenvalue weighted by molar-refractivity contribution is 6.16. The highest BCUT2D eigenvalue weighted by Gasteiger charge is 2.56. The van der Waals surface area contributed by atoms with Gasteiger partial charge in [-0.1, -0.05) is 31.1 Å². The molecule has 0 unspecified atom stereocenters. The molecule has 1 aromatic heterocycles. The fraction of sp³-hybridized carbons (Fsp3) is 0.389. The number of hydrogen-bond donors (Lipinski definition) is 2. The van der Waals surface area contributed by atoms with E-state index < -0.39 is 5.41 Å². The van der Waals surface area contributed by atoms with Crippen molar-refractivity contribution in [2.45, 2.75) is 39.5 Å². The maximum Gasteiger partial charge on any atom is 0.241 e. The third-order valence-electron chi connectivity index (χ3n) is 4.32. The summed E-state index contributed by atoms with van der Waals surface area (Å²) in [5.41, 5.74) is 0.887. The average Bonchev–Trinajstić information content (AvgIpc) is 3.27. The van der Waals surface area contributed by atoms with Gasteiger partial charge in [0, 0.05) is 11.8 Å². The van der Waals surface area contributed by atoms with Gasteiger partial charge in [-0.3, -0.25) is 9.59 Å². The normalized spacial score (nSPS) is 15.2. The largest absolute Gasteiger partial charge is 0.360 e. The van der Waals surface area contributed by atoms with Gasteiger partial charge in [0.2, 0.25) is 11.8 Å². The Kier molecular flexibility index (Phi) is 4.13. The van der Waals surface area contributed by atoms with E-state index in [0.29, 0.717) is 36.0 Å². The third-order valence-corrected chi connectivity index (χ3v) is 4.32. The molecule has 2 aromatic rings. The Labute approximate surface area is 140 Å². The van der Waals surface area contributed by atoms with Crippen LogP contribution in [0, 0.1) is 12.3 Å². The predicted octanol–water partition coefficient (Wildman–Crippen LogP) is 3.46. The van der Waals surface area contributed by atoms with Gasteiger partial charge in [0.05, 0.1) is 0 Å². The van der Waals surface area contributed by atoms with Gasteiger partial charge >= 0.3 is 0 Å². The summed E-state index contributed by atoms with van der Waals surface area (Å²) in [7, 11) is 0. The van der Waals surface area contributed by atoms with Crippen LogP contribution in [0.2, 0.25) is 0 Å². The van der Waals surface area contributed by atoms with Crippen LogP contribution < -0.4 is 10.6 Å². The molecule has 1 aliphatic carbocycles. The Balaban J connectivity index is 1.66. The van der Waals surface area contributed by atoms with E-state index in [4.69, 9.17) is 4.52 Å². The molecule has 0 radical (unpaired) electrons. The van der Waals surface area contributed by atoms with E-state index in [0.717, 1.165) is 0 Å². The Morgan fingerprint density at radius 2 is 1.75 bits per heavy atom. The van der Waals surface area contributed by atoms with Gasteiger partial charge in [0.1, 0.15) is 11.2 Å². The van der Waals surface area contributed by atoms with Crippen LogP contribution in [-0.4, -0.2) is 17.0 Å². The first kappa shape index (κ1) is 16.2. The van der Waals surface area contributed by atoms with Gasteiger partial charge < -0.3 is 15.2 Å². The van der Waals surface area contributed by atoms with Gasteiger partial charge in [-0.15, -0.1) is 0 Å². The zero-order valence-corrected chi connectivity index (χ0v) is 14.1. The molecule has 0 aliphatic heterocycles. The maximum atomic E-state index is 12.5. The molecule has 1 aliphatic rings. The van der Waals surface area contributed by atoms with Crippen LogP contribution in [0.4, 0.5) is 11.5 Å². The first-order chi connectivity index (χ1) is 11.4. The molecule has 0 saturated heterocycles. The zero-order valence-electron chi connectivity index (χ0n) is 14.1. The number of carbonyl (C=O) groups excluding carboxylic acids is 2. The second-order valence-electron chi connectivity index (χ2n) is 6.59. The van der Waals surface area contributed by atoms with Crippen LogP contribution in [0.5, 0.6) is 0 Å². The fourth-order valence-corrected chi connectivity index (χ4v) is 2.55. The second-order valence-corrected chi connectivity index (χ2v) is 6.59. The molecule has 1 aromatic carbocycles. The molecule has 24 heavy (non-hydrogen) atoms. The molecule has 1 heterocycles. The number of anilines is 2. The molecule has 126 valence electrons. The molecule has 1 saturated carbocycles. The van der Waals surface area contributed by atoms with E-state index in [1.54, 1.807) is 13.0 Å². The van der Waals surface area contributed by atoms with Crippen LogP contribution in [0.1, 0.15) is 43.9 Å². The Morgan fingerprint density at radius 3 is 2.25 bits per heavy atom. The lowest BCUT2D eigenvalue weighted by molar-refractivity contribution is -0.131. The second kappa shape index (κ2) is 6.11. The molecule has 3 rings (SSSR count). The van der Waals surface area contributed by atoms with Crippen molar-refractivity contribution in [2.24, 2.45) is 5.41 Å². The summed E-state index contributed by atoms with van der Waals surface area (Å²) in [6, 6.07) is 9.32. The van der Waals surface area contributed by atoms with Crippen molar-refractivity contribution >= 4 is 23.3 Å². The number of aryl methyl sites for hydroxylation is 1. The average molecular weight is 327 g/mol. The molecular formula is C18H21N3O3. The van der Waals surface area contributed by atoms with Crippen molar-refractivity contribution in [1.29, 1.82) is 0 Å². The topological polar surface area (TPSA) is 84.2 Å². The van der Waals surface area contributed by atoms with E-state index >= 15 is 0 Å². The number of nitrogens with zero attached hydrogens (tertiary/aromatic N) is 1. The summed E-state index contributed by atoms with van der Waals surface area (Å²) in [5.74, 6) is 0.744. The highest BCUT2D eigenvalue weighted by Crippen LogP contribution is 2.47. The highest BCUT2D eigenvalue weighted by atomic mass is 16.5. The molecule has 1 fully saturated rings. The molecule has 2 N–H and O–H groups in total. The van der Waals surface area contributed by atoms with Crippen LogP contribution in [0.15, 0.2) is 34.9 Å². The third kappa shape index (κ3) is 3.18. The zero-order chi connectivity index (χ0) is 17.3. The van der Waals surface area contributed by atoms with Gasteiger partial charge in [0.25, 0.3) is 0 Å². The number of nitrogens with one attached hydrogen (secondary N) is 2. The van der Waals surface area contributed by atoms with Crippen LogP contribution >= 0.6 is 0 Å². The van der Waals surface area contributed by atoms with Crippen molar-refractivity contribution in [3.8, 4) is 0 Å². The minimum absolute atomic E-state index is 0.280. The van der Waals surface area contributed by atoms with Crippen LogP contribution in [0.3, 0.4) is 0 Å². The maximum absolute atomic E-state index is 12.5. The quantitative estimate of drug-likeness (QED) is 0.824. The molecule has 0 bridgehead atoms. The summed E-state index contributed by atoms with van der Waals surface area (Å²) in [6.45, 7) is 5.97. The molecule has 0 atom stereocenters. The number of carbonyl (C=O) groups is 2. The predicted molar refractivity (Wildman–Crippen MR) is 90.7 cm³/mol. The number of aromatic nitrogens is 1. The van der Waals surface area contributed by atoms with Crippen molar-refractivity contribution in [1.82, 2.24) is 5.16 Å². The summed E-state index contributed by atoms with van der Waals surface area (Å²) < 4.78 is 4.92. The summed E-state index contributed by atoms with van der Waals surface area (Å²) in [4.78, 5) is 25.0. The standard InChI is InChI=1S/C18H21N3O3/c1-11(2)13-4-6-14(7-5-13)19-16(22)18(8-9-18)17(23)20-15-10-12(3)24-21-15/h4-7,10-11H,8-9H2,1-3H3,(H,19,22)(H,20,21,23). The number of hydrogen-bond acceptors (Lipinski definition) is 4. The Hall–Kier alpha value is -2.63. The molecule has 2 amide bonds. The van der Waals surface area contributed by atoms with Crippen molar-refractivity contribution < 1.29 is 14.1 Å². The van der Waals surface area contributed by atoms with Crippen LogP contribution in [0.25, 0.3) is 0 Å². The van der Waals surface area contributed by atoms with Gasteiger partial charge in [-0.25, -0.2) is 0 Å². The number of rotatable bonds is 5. The van der Waals surface area contributed by atoms with E-state index in [2.05, 4.69) is 29.6 Å². The smallest absolute Gasteiger partial charge is 0.241 e. The van der Waals surface area contributed by atoms with E-state index in [9.17, 15) is 9.59 Å². The Bertz CT molecular complexity index is 758. The number of benzene rings is 1. The van der Waals surface area contributed by atoms with Crippen LogP contribution in [-0.2, 0) is 9.59 Å². The van der Waals surface area contributed by atoms with E-state index in [-0.39, 0.29) is 11.8 Å². The first-order valence-electron chi connectivity index (χ1n) is 8.07. The monoisotopic (exact) mass is 327 g/mol. The minimum Gasteiger partial charge on any atom is -0.360 e. The lowest BCUT2D eigenvalue weighted by Gasteiger charge is -2.15. The minimum atomic E-state index is -1.01. The van der Waals surface area contributed by atoms with Crippen molar-refractivity contribution in [3.63, 3.8) is 0 Å².